The van der Waals surface area contributed by atoms with E-state index < -0.39 is 11.8 Å². The molecule has 0 bridgehead atoms. The first-order valence-corrected chi connectivity index (χ1v) is 15.8. The Balaban J connectivity index is 1.32. The van der Waals surface area contributed by atoms with Gasteiger partial charge in [-0.3, -0.25) is 0 Å². The predicted molar refractivity (Wildman–Crippen MR) is 175 cm³/mol. The number of rotatable bonds is 16. The minimum atomic E-state index is -0.601. The molecule has 2 heterocycles. The summed E-state index contributed by atoms with van der Waals surface area (Å²) in [4.78, 5) is 19.2. The number of aromatic nitrogens is 1. The summed E-state index contributed by atoms with van der Waals surface area (Å²) in [5.41, 5.74) is 4.06. The summed E-state index contributed by atoms with van der Waals surface area (Å²) in [5, 5.41) is 6.14. The molecule has 2 aliphatic rings. The van der Waals surface area contributed by atoms with E-state index in [1.54, 1.807) is 37.4 Å². The van der Waals surface area contributed by atoms with Gasteiger partial charge in [-0.05, 0) is 48.3 Å². The molecule has 9 nitrogen and oxygen atoms in total. The van der Waals surface area contributed by atoms with Crippen LogP contribution in [-0.2, 0) is 14.2 Å². The second-order valence-corrected chi connectivity index (χ2v) is 11.6. The molecule has 244 valence electrons. The number of nitrogens with one attached hydrogen (secondary N) is 2. The number of ether oxygens (including phenoxy) is 4. The Morgan fingerprint density at radius 2 is 1.98 bits per heavy atom. The highest BCUT2D eigenvalue weighted by molar-refractivity contribution is 6.33. The molecule has 45 heavy (non-hydrogen) atoms. The summed E-state index contributed by atoms with van der Waals surface area (Å²) in [6.07, 6.45) is 9.76. The highest BCUT2D eigenvalue weighted by atomic mass is 35.5. The number of likely N-dealkylation sites (N-methyl/N-ethyl adjacent to an activating group) is 1. The van der Waals surface area contributed by atoms with E-state index in [9.17, 15) is 4.79 Å². The number of allylic oxidation sites excluding steroid dienone is 1. The first-order valence-electron chi connectivity index (χ1n) is 15.4. The first-order chi connectivity index (χ1) is 21.7. The lowest BCUT2D eigenvalue weighted by Crippen LogP contribution is -2.42. The van der Waals surface area contributed by atoms with E-state index >= 15 is 4.39 Å². The lowest BCUT2D eigenvalue weighted by atomic mass is 9.91. The Morgan fingerprint density at radius 1 is 1.20 bits per heavy atom. The number of benzene rings is 1. The van der Waals surface area contributed by atoms with Crippen molar-refractivity contribution in [1.29, 1.82) is 0 Å². The van der Waals surface area contributed by atoms with Crippen molar-refractivity contribution in [2.45, 2.75) is 64.2 Å². The zero-order valence-electron chi connectivity index (χ0n) is 26.5. The quantitative estimate of drug-likeness (QED) is 0.189. The summed E-state index contributed by atoms with van der Waals surface area (Å²) in [7, 11) is 3.35. The Morgan fingerprint density at radius 3 is 2.67 bits per heavy atom. The molecule has 1 aromatic carbocycles. The molecule has 0 spiro atoms. The molecular weight excluding hydrogens is 599 g/mol. The van der Waals surface area contributed by atoms with Gasteiger partial charge in [-0.15, -0.1) is 0 Å². The molecule has 1 unspecified atom stereocenters. The van der Waals surface area contributed by atoms with Crippen molar-refractivity contribution in [2.24, 2.45) is 0 Å². The number of hydrogen-bond acceptors (Lipinski definition) is 7. The zero-order chi connectivity index (χ0) is 32.3. The van der Waals surface area contributed by atoms with Crippen molar-refractivity contribution in [1.82, 2.24) is 15.2 Å². The number of halogens is 2. The number of carbonyl (C=O) groups is 1. The number of urea groups is 1. The standard InChI is InChI=1S/C34H44ClFN4O5/c1-6-8-23-15-22(3)37-21-28(23)32(7-2)40(4)34(41)39-31-19-29(35)27(18-30(31)36)24-9-10-33(38-20-24)45-26-16-25(17-26)44-14-13-43-12-11-42-5/h9-10,15,18-21,25-26,32,37H,3,6-8,11-14,16-17H2,1-2,4-5H3,(H,39,41). The van der Waals surface area contributed by atoms with E-state index in [-0.39, 0.29) is 29.0 Å². The minimum Gasteiger partial charge on any atom is -0.474 e. The van der Waals surface area contributed by atoms with Gasteiger partial charge in [0.15, 0.2) is 0 Å². The SMILES string of the molecule is C=C1C=C(CCC)C(C(CC)N(C)C(=O)Nc2cc(Cl)c(-c3ccc(OC4CC(OCCOCCOC)C4)nc3)cc2F)=CN1. The summed E-state index contributed by atoms with van der Waals surface area (Å²) in [5.74, 6) is -0.126. The lowest BCUT2D eigenvalue weighted by Gasteiger charge is -2.34. The number of methoxy groups -OCH3 is 1. The molecule has 0 radical (unpaired) electrons. The highest BCUT2D eigenvalue weighted by Gasteiger charge is 2.32. The number of nitrogens with zero attached hydrogens (tertiary/aromatic N) is 2. The number of anilines is 1. The summed E-state index contributed by atoms with van der Waals surface area (Å²) in [6, 6.07) is 5.61. The first kappa shape index (κ1) is 34.4. The second kappa shape index (κ2) is 16.7. The maximum absolute atomic E-state index is 15.3. The Labute approximate surface area is 270 Å². The van der Waals surface area contributed by atoms with E-state index in [1.165, 1.54) is 12.1 Å². The van der Waals surface area contributed by atoms with E-state index in [2.05, 4.69) is 29.1 Å². The van der Waals surface area contributed by atoms with Crippen LogP contribution < -0.4 is 15.4 Å². The van der Waals surface area contributed by atoms with E-state index in [0.29, 0.717) is 49.9 Å². The molecule has 1 aromatic heterocycles. The summed E-state index contributed by atoms with van der Waals surface area (Å²) in [6.45, 7) is 10.3. The molecule has 11 heteroatoms. The molecule has 2 N–H and O–H groups in total. The maximum atomic E-state index is 15.3. The van der Waals surface area contributed by atoms with Gasteiger partial charge in [0.25, 0.3) is 0 Å². The molecule has 1 saturated carbocycles. The van der Waals surface area contributed by atoms with Crippen molar-refractivity contribution in [3.05, 3.63) is 77.0 Å². The number of amides is 2. The van der Waals surface area contributed by atoms with Crippen LogP contribution in [0.1, 0.15) is 46.0 Å². The highest BCUT2D eigenvalue weighted by Crippen LogP contribution is 2.34. The van der Waals surface area contributed by atoms with Gasteiger partial charge >= 0.3 is 6.03 Å². The van der Waals surface area contributed by atoms with Crippen LogP contribution in [0.3, 0.4) is 0 Å². The molecule has 4 rings (SSSR count). The fourth-order valence-corrected chi connectivity index (χ4v) is 5.63. The van der Waals surface area contributed by atoms with Gasteiger partial charge in [-0.1, -0.05) is 38.4 Å². The number of dihydropyridines is 1. The van der Waals surface area contributed by atoms with E-state index in [4.69, 9.17) is 30.5 Å². The van der Waals surface area contributed by atoms with Gasteiger partial charge in [-0.2, -0.15) is 0 Å². The van der Waals surface area contributed by atoms with Crippen molar-refractivity contribution in [2.75, 3.05) is 45.9 Å². The van der Waals surface area contributed by atoms with Crippen LogP contribution in [0, 0.1) is 5.82 Å². The van der Waals surface area contributed by atoms with Crippen LogP contribution in [0.4, 0.5) is 14.9 Å². The number of hydrogen-bond donors (Lipinski definition) is 2. The Hall–Kier alpha value is -3.44. The van der Waals surface area contributed by atoms with Crippen molar-refractivity contribution < 1.29 is 28.1 Å². The van der Waals surface area contributed by atoms with Gasteiger partial charge in [0.05, 0.1) is 49.3 Å². The molecule has 1 fully saturated rings. The Bertz CT molecular complexity index is 1380. The molecule has 1 atom stereocenters. The van der Waals surface area contributed by atoms with Crippen LogP contribution in [0.15, 0.2) is 66.2 Å². The average molecular weight is 643 g/mol. The molecule has 2 aromatic rings. The van der Waals surface area contributed by atoms with Gasteiger partial charge < -0.3 is 34.5 Å². The smallest absolute Gasteiger partial charge is 0.322 e. The number of carbonyl (C=O) groups excluding carboxylic acids is 1. The van der Waals surface area contributed by atoms with Crippen LogP contribution >= 0.6 is 11.6 Å². The third kappa shape index (κ3) is 9.29. The number of pyridine rings is 1. The third-order valence-electron chi connectivity index (χ3n) is 7.88. The molecule has 1 aliphatic carbocycles. The summed E-state index contributed by atoms with van der Waals surface area (Å²) >= 11 is 6.57. The maximum Gasteiger partial charge on any atom is 0.322 e. The lowest BCUT2D eigenvalue weighted by molar-refractivity contribution is -0.0783. The van der Waals surface area contributed by atoms with Crippen LogP contribution in [0.25, 0.3) is 11.1 Å². The molecule has 2 amide bonds. The molecule has 1 aliphatic heterocycles. The zero-order valence-corrected chi connectivity index (χ0v) is 27.3. The van der Waals surface area contributed by atoms with Crippen LogP contribution in [-0.4, -0.2) is 74.7 Å². The van der Waals surface area contributed by atoms with E-state index in [0.717, 1.165) is 42.5 Å². The average Bonchev–Trinajstić information content (AvgIpc) is 3.00. The van der Waals surface area contributed by atoms with Gasteiger partial charge in [-0.25, -0.2) is 14.2 Å². The normalized spacial score (nSPS) is 18.3. The largest absolute Gasteiger partial charge is 0.474 e. The van der Waals surface area contributed by atoms with Crippen LogP contribution in [0.5, 0.6) is 5.88 Å². The van der Waals surface area contributed by atoms with Gasteiger partial charge in [0.2, 0.25) is 5.88 Å². The predicted octanol–water partition coefficient (Wildman–Crippen LogP) is 7.10. The fraction of sp³-hybridized carbons (Fsp3) is 0.471. The Kier molecular flexibility index (Phi) is 12.8. The van der Waals surface area contributed by atoms with Crippen molar-refractivity contribution >= 4 is 23.3 Å². The topological polar surface area (TPSA) is 94.2 Å². The van der Waals surface area contributed by atoms with E-state index in [1.807, 2.05) is 19.2 Å². The van der Waals surface area contributed by atoms with Crippen molar-refractivity contribution in [3.8, 4) is 17.0 Å². The van der Waals surface area contributed by atoms with Crippen LogP contribution in [0.2, 0.25) is 5.02 Å². The summed E-state index contributed by atoms with van der Waals surface area (Å²) < 4.78 is 37.4. The van der Waals surface area contributed by atoms with Crippen molar-refractivity contribution in [3.63, 3.8) is 0 Å². The van der Waals surface area contributed by atoms with Gasteiger partial charge in [0, 0.05) is 62.3 Å². The van der Waals surface area contributed by atoms with Gasteiger partial charge in [0.1, 0.15) is 11.9 Å². The molecular formula is C34H44ClFN4O5. The second-order valence-electron chi connectivity index (χ2n) is 11.2. The third-order valence-corrected chi connectivity index (χ3v) is 8.20. The molecule has 0 saturated heterocycles. The monoisotopic (exact) mass is 642 g/mol. The minimum absolute atomic E-state index is 0.000103. The fourth-order valence-electron chi connectivity index (χ4n) is 5.35.